The number of hydrogen-bond acceptors (Lipinski definition) is 6. The molecule has 1 aromatic heterocycles. The van der Waals surface area contributed by atoms with E-state index in [9.17, 15) is 27.5 Å². The zero-order valence-corrected chi connectivity index (χ0v) is 16.1. The summed E-state index contributed by atoms with van der Waals surface area (Å²) >= 11 is 0. The van der Waals surface area contributed by atoms with Crippen molar-refractivity contribution in [2.24, 2.45) is 0 Å². The van der Waals surface area contributed by atoms with Crippen molar-refractivity contribution >= 4 is 17.5 Å². The first-order chi connectivity index (χ1) is 14.7. The largest absolute Gasteiger partial charge is 0.573 e. The molecule has 12 heteroatoms. The number of nitrogens with zero attached hydrogens (tertiary/aromatic N) is 3. The number of nitrogens with one attached hydrogen (secondary N) is 1. The van der Waals surface area contributed by atoms with Crippen molar-refractivity contribution in [3.05, 3.63) is 47.9 Å². The lowest BCUT2D eigenvalue weighted by atomic mass is 10.1. The predicted molar refractivity (Wildman–Crippen MR) is 102 cm³/mol. The highest BCUT2D eigenvalue weighted by atomic mass is 19.4. The van der Waals surface area contributed by atoms with Crippen molar-refractivity contribution in [1.29, 1.82) is 0 Å². The average molecular weight is 444 g/mol. The number of amides is 2. The molecule has 31 heavy (non-hydrogen) atoms. The van der Waals surface area contributed by atoms with E-state index in [1.165, 1.54) is 23.2 Å². The highest BCUT2D eigenvalue weighted by molar-refractivity contribution is 5.89. The van der Waals surface area contributed by atoms with Gasteiger partial charge in [0.05, 0.1) is 6.61 Å². The maximum atomic E-state index is 14.3. The Morgan fingerprint density at radius 1 is 1.19 bits per heavy atom. The van der Waals surface area contributed by atoms with Crippen molar-refractivity contribution < 1.29 is 37.3 Å². The third-order valence-corrected chi connectivity index (χ3v) is 4.61. The molecule has 3 N–H and O–H groups in total. The lowest BCUT2D eigenvalue weighted by Crippen LogP contribution is -2.50. The highest BCUT2D eigenvalue weighted by Gasteiger charge is 2.31. The summed E-state index contributed by atoms with van der Waals surface area (Å²) in [5, 5.41) is 21.1. The molecule has 2 amide bonds. The fraction of sp³-hybridized carbons (Fsp3) is 0.368. The number of benzene rings is 1. The van der Waals surface area contributed by atoms with Crippen LogP contribution in [0.4, 0.5) is 33.9 Å². The molecular formula is C19H20F4N4O4. The number of pyridine rings is 1. The Hall–Kier alpha value is -3.12. The van der Waals surface area contributed by atoms with Crippen LogP contribution in [-0.4, -0.2) is 65.3 Å². The first-order valence-corrected chi connectivity index (χ1v) is 9.27. The Morgan fingerprint density at radius 3 is 2.39 bits per heavy atom. The van der Waals surface area contributed by atoms with Crippen LogP contribution in [0.15, 0.2) is 36.5 Å². The van der Waals surface area contributed by atoms with E-state index in [4.69, 9.17) is 5.11 Å². The SMILES string of the molecule is O=C(Nc1ccc(OC(F)(F)F)cc1)N1CCN(c2ncc([C@H](O)CO)cc2F)CC1. The second-order valence-corrected chi connectivity index (χ2v) is 6.75. The van der Waals surface area contributed by atoms with Crippen molar-refractivity contribution in [3.63, 3.8) is 0 Å². The van der Waals surface area contributed by atoms with Gasteiger partial charge < -0.3 is 30.1 Å². The molecular weight excluding hydrogens is 424 g/mol. The van der Waals surface area contributed by atoms with Gasteiger partial charge in [-0.2, -0.15) is 0 Å². The normalized spacial score (nSPS) is 15.5. The number of aromatic nitrogens is 1. The lowest BCUT2D eigenvalue weighted by Gasteiger charge is -2.35. The van der Waals surface area contributed by atoms with Crippen LogP contribution in [0.25, 0.3) is 0 Å². The van der Waals surface area contributed by atoms with Gasteiger partial charge in [-0.1, -0.05) is 0 Å². The number of ether oxygens (including phenoxy) is 1. The van der Waals surface area contributed by atoms with Crippen LogP contribution < -0.4 is 15.0 Å². The van der Waals surface area contributed by atoms with E-state index in [0.29, 0.717) is 18.8 Å². The van der Waals surface area contributed by atoms with Crippen molar-refractivity contribution in [3.8, 4) is 5.75 Å². The Labute approximate surface area is 174 Å². The zero-order valence-electron chi connectivity index (χ0n) is 16.1. The minimum Gasteiger partial charge on any atom is -0.406 e. The number of hydrogen-bond donors (Lipinski definition) is 3. The molecule has 0 saturated carbocycles. The molecule has 2 aromatic rings. The van der Waals surface area contributed by atoms with Gasteiger partial charge in [-0.05, 0) is 30.3 Å². The van der Waals surface area contributed by atoms with Crippen molar-refractivity contribution in [2.75, 3.05) is 43.0 Å². The highest BCUT2D eigenvalue weighted by Crippen LogP contribution is 2.25. The summed E-state index contributed by atoms with van der Waals surface area (Å²) < 4.78 is 54.7. The van der Waals surface area contributed by atoms with Gasteiger partial charge >= 0.3 is 12.4 Å². The summed E-state index contributed by atoms with van der Waals surface area (Å²) in [6, 6.07) is 5.42. The quantitative estimate of drug-likeness (QED) is 0.614. The molecule has 8 nitrogen and oxygen atoms in total. The van der Waals surface area contributed by atoms with Crippen molar-refractivity contribution in [1.82, 2.24) is 9.88 Å². The number of aliphatic hydroxyl groups is 2. The number of piperazine rings is 1. The Morgan fingerprint density at radius 2 is 1.84 bits per heavy atom. The molecule has 0 unspecified atom stereocenters. The van der Waals surface area contributed by atoms with Crippen LogP contribution in [-0.2, 0) is 0 Å². The fourth-order valence-corrected chi connectivity index (χ4v) is 3.03. The number of alkyl halides is 3. The Bertz CT molecular complexity index is 903. The first kappa shape index (κ1) is 22.6. The van der Waals surface area contributed by atoms with E-state index in [0.717, 1.165) is 18.2 Å². The zero-order chi connectivity index (χ0) is 22.6. The maximum Gasteiger partial charge on any atom is 0.573 e. The smallest absolute Gasteiger partial charge is 0.406 e. The van der Waals surface area contributed by atoms with Gasteiger partial charge in [0.25, 0.3) is 0 Å². The Kier molecular flexibility index (Phi) is 6.81. The number of rotatable bonds is 5. The molecule has 1 atom stereocenters. The summed E-state index contributed by atoms with van der Waals surface area (Å²) in [4.78, 5) is 19.5. The van der Waals surface area contributed by atoms with E-state index in [2.05, 4.69) is 15.0 Å². The van der Waals surface area contributed by atoms with Gasteiger partial charge in [-0.15, -0.1) is 13.2 Å². The van der Waals surface area contributed by atoms with Gasteiger partial charge in [-0.25, -0.2) is 14.2 Å². The average Bonchev–Trinajstić information content (AvgIpc) is 2.73. The molecule has 1 aromatic carbocycles. The van der Waals surface area contributed by atoms with E-state index in [-0.39, 0.29) is 24.5 Å². The van der Waals surface area contributed by atoms with Crippen LogP contribution in [0.1, 0.15) is 11.7 Å². The summed E-state index contributed by atoms with van der Waals surface area (Å²) in [5.74, 6) is -0.968. The van der Waals surface area contributed by atoms with Gasteiger partial charge in [0, 0.05) is 43.6 Å². The molecule has 0 bridgehead atoms. The second-order valence-electron chi connectivity index (χ2n) is 6.75. The summed E-state index contributed by atoms with van der Waals surface area (Å²) in [5.41, 5.74) is 0.459. The van der Waals surface area contributed by atoms with Crippen LogP contribution >= 0.6 is 0 Å². The van der Waals surface area contributed by atoms with Gasteiger partial charge in [-0.3, -0.25) is 0 Å². The number of urea groups is 1. The number of carbonyl (C=O) groups excluding carboxylic acids is 1. The Balaban J connectivity index is 1.54. The second kappa shape index (κ2) is 9.35. The van der Waals surface area contributed by atoms with E-state index < -0.39 is 36.7 Å². The minimum atomic E-state index is -4.79. The molecule has 1 saturated heterocycles. The standard InChI is InChI=1S/C19H20F4N4O4/c20-15-9-12(16(29)11-28)10-24-17(15)26-5-7-27(8-6-26)18(30)25-13-1-3-14(4-2-13)31-19(21,22)23/h1-4,9-10,16,28-29H,5-8,11H2,(H,25,30)/t16-/m1/s1. The van der Waals surface area contributed by atoms with Gasteiger partial charge in [0.2, 0.25) is 0 Å². The topological polar surface area (TPSA) is 98.2 Å². The molecule has 0 aliphatic carbocycles. The molecule has 1 fully saturated rings. The van der Waals surface area contributed by atoms with Crippen LogP contribution in [0.2, 0.25) is 0 Å². The summed E-state index contributed by atoms with van der Waals surface area (Å²) in [7, 11) is 0. The van der Waals surface area contributed by atoms with Crippen LogP contribution in [0.3, 0.4) is 0 Å². The third kappa shape index (κ3) is 5.95. The number of halogens is 4. The maximum absolute atomic E-state index is 14.3. The molecule has 0 spiro atoms. The van der Waals surface area contributed by atoms with Crippen LogP contribution in [0, 0.1) is 5.82 Å². The molecule has 168 valence electrons. The number of aliphatic hydroxyl groups excluding tert-OH is 2. The summed E-state index contributed by atoms with van der Waals surface area (Å²) in [6.07, 6.45) is -4.73. The van der Waals surface area contributed by atoms with E-state index in [1.807, 2.05) is 0 Å². The first-order valence-electron chi connectivity index (χ1n) is 9.27. The van der Waals surface area contributed by atoms with E-state index in [1.54, 1.807) is 4.90 Å². The van der Waals surface area contributed by atoms with E-state index >= 15 is 0 Å². The molecule has 1 aliphatic heterocycles. The lowest BCUT2D eigenvalue weighted by molar-refractivity contribution is -0.274. The van der Waals surface area contributed by atoms with Crippen LogP contribution in [0.5, 0.6) is 5.75 Å². The van der Waals surface area contributed by atoms with Gasteiger partial charge in [0.15, 0.2) is 11.6 Å². The summed E-state index contributed by atoms with van der Waals surface area (Å²) in [6.45, 7) is 0.591. The van der Waals surface area contributed by atoms with Crippen molar-refractivity contribution in [2.45, 2.75) is 12.5 Å². The minimum absolute atomic E-state index is 0.0780. The fourth-order valence-electron chi connectivity index (χ4n) is 3.03. The van der Waals surface area contributed by atoms with Gasteiger partial charge in [0.1, 0.15) is 11.9 Å². The molecule has 3 rings (SSSR count). The predicted octanol–water partition coefficient (Wildman–Crippen LogP) is 2.50. The monoisotopic (exact) mass is 444 g/mol. The number of carbonyl (C=O) groups is 1. The molecule has 0 radical (unpaired) electrons. The third-order valence-electron chi connectivity index (χ3n) is 4.61. The molecule has 1 aliphatic rings. The molecule has 2 heterocycles. The number of anilines is 2.